The Hall–Kier alpha value is -3.70. The molecule has 0 amide bonds. The summed E-state index contributed by atoms with van der Waals surface area (Å²) in [4.78, 5) is 30.1. The van der Waals surface area contributed by atoms with E-state index in [1.807, 2.05) is 0 Å². The summed E-state index contributed by atoms with van der Waals surface area (Å²) in [6.45, 7) is 4.07. The molecule has 4 aliphatic rings. The van der Waals surface area contributed by atoms with E-state index in [0.717, 1.165) is 49.6 Å². The lowest BCUT2D eigenvalue weighted by Gasteiger charge is -2.40. The first-order valence-electron chi connectivity index (χ1n) is 16.7. The number of pyridine rings is 1. The number of aromatic nitrogens is 3. The zero-order chi connectivity index (χ0) is 34.4. The second-order valence-electron chi connectivity index (χ2n) is 13.8. The van der Waals surface area contributed by atoms with Gasteiger partial charge in [-0.1, -0.05) is 31.0 Å². The summed E-state index contributed by atoms with van der Waals surface area (Å²) in [7, 11) is -1.96. The van der Waals surface area contributed by atoms with Crippen molar-refractivity contribution < 1.29 is 21.6 Å². The number of nitrogens with zero attached hydrogens (tertiary/aromatic N) is 5. The first-order chi connectivity index (χ1) is 22.7. The smallest absolute Gasteiger partial charge is 0.291 e. The minimum absolute atomic E-state index is 0.0174. The molecule has 14 heteroatoms. The molecule has 6 heterocycles. The topological polar surface area (TPSA) is 130 Å². The molecule has 1 aromatic carbocycles. The summed E-state index contributed by atoms with van der Waals surface area (Å²) < 4.78 is 74.0. The van der Waals surface area contributed by atoms with Gasteiger partial charge in [0, 0.05) is 49.6 Å². The number of benzene rings is 1. The predicted molar refractivity (Wildman–Crippen MR) is 176 cm³/mol. The number of anilines is 1. The average molecular weight is 687 g/mol. The number of halogens is 3. The minimum atomic E-state index is -3.38. The molecule has 4 aliphatic heterocycles. The van der Waals surface area contributed by atoms with E-state index in [1.54, 1.807) is 6.92 Å². The van der Waals surface area contributed by atoms with E-state index in [-0.39, 0.29) is 64.7 Å². The number of alkyl halides is 2. The van der Waals surface area contributed by atoms with Gasteiger partial charge in [0.25, 0.3) is 17.0 Å². The van der Waals surface area contributed by atoms with Crippen molar-refractivity contribution in [3.8, 4) is 6.07 Å². The Bertz CT molecular complexity index is 1980. The third-order valence-electron chi connectivity index (χ3n) is 10.4. The van der Waals surface area contributed by atoms with E-state index >= 15 is 13.2 Å². The van der Waals surface area contributed by atoms with Crippen molar-refractivity contribution in [1.29, 1.82) is 5.26 Å². The van der Waals surface area contributed by atoms with Crippen LogP contribution in [0.5, 0.6) is 0 Å². The zero-order valence-corrected chi connectivity index (χ0v) is 28.1. The molecule has 10 nitrogen and oxygen atoms in total. The van der Waals surface area contributed by atoms with Crippen LogP contribution in [0.2, 0.25) is 0 Å². The van der Waals surface area contributed by atoms with E-state index in [2.05, 4.69) is 21.4 Å². The van der Waals surface area contributed by atoms with E-state index in [9.17, 15) is 23.3 Å². The van der Waals surface area contributed by atoms with Gasteiger partial charge in [-0.3, -0.25) is 9.59 Å². The molecule has 0 unspecified atom stereocenters. The van der Waals surface area contributed by atoms with Crippen LogP contribution in [0.15, 0.2) is 33.9 Å². The van der Waals surface area contributed by atoms with Crippen molar-refractivity contribution in [3.05, 3.63) is 67.5 Å². The maximum Gasteiger partial charge on any atom is 0.291 e. The number of hydrogen-bond acceptors (Lipinski definition) is 8. The molecule has 1 N–H and O–H groups in total. The number of hydrogen-bond donors (Lipinski definition) is 1. The highest BCUT2D eigenvalue weighted by molar-refractivity contribution is 7.91. The summed E-state index contributed by atoms with van der Waals surface area (Å²) in [5.41, 5.74) is -3.05. The highest BCUT2D eigenvalue weighted by Gasteiger charge is 2.42. The molecule has 258 valence electrons. The maximum atomic E-state index is 15.9. The summed E-state index contributed by atoms with van der Waals surface area (Å²) in [5.74, 6) is -4.67. The molecule has 48 heavy (non-hydrogen) atoms. The molecule has 0 saturated carbocycles. The van der Waals surface area contributed by atoms with Crippen molar-refractivity contribution in [2.45, 2.75) is 82.2 Å². The molecule has 7 rings (SSSR count). The number of aryl methyl sites for hydroxylation is 2. The van der Waals surface area contributed by atoms with Gasteiger partial charge in [-0.2, -0.15) is 10.4 Å². The molecule has 2 aromatic heterocycles. The van der Waals surface area contributed by atoms with Crippen LogP contribution >= 0.6 is 0 Å². The predicted octanol–water partition coefficient (Wildman–Crippen LogP) is 4.76. The summed E-state index contributed by atoms with van der Waals surface area (Å²) >= 11 is 0. The van der Waals surface area contributed by atoms with E-state index in [4.69, 9.17) is 0 Å². The zero-order valence-electron chi connectivity index (χ0n) is 27.3. The Morgan fingerprint density at radius 3 is 2.38 bits per heavy atom. The van der Waals surface area contributed by atoms with E-state index in [0.29, 0.717) is 12.8 Å². The molecule has 2 fully saturated rings. The van der Waals surface area contributed by atoms with Crippen molar-refractivity contribution in [2.24, 2.45) is 13.0 Å². The monoisotopic (exact) mass is 686 g/mol. The van der Waals surface area contributed by atoms with Gasteiger partial charge in [0.1, 0.15) is 21.2 Å². The van der Waals surface area contributed by atoms with Crippen LogP contribution in [0.1, 0.15) is 81.0 Å². The van der Waals surface area contributed by atoms with E-state index in [1.165, 1.54) is 29.8 Å². The molecule has 1 atom stereocenters. The second kappa shape index (κ2) is 13.0. The van der Waals surface area contributed by atoms with Crippen molar-refractivity contribution in [3.63, 3.8) is 0 Å². The Morgan fingerprint density at radius 1 is 1.00 bits per heavy atom. The van der Waals surface area contributed by atoms with Gasteiger partial charge in [-0.25, -0.2) is 26.3 Å². The molecular weight excluding hydrogens is 645 g/mol. The van der Waals surface area contributed by atoms with Gasteiger partial charge in [-0.15, -0.1) is 0 Å². The number of nitrogens with one attached hydrogen (secondary N) is 1. The van der Waals surface area contributed by atoms with Gasteiger partial charge >= 0.3 is 0 Å². The Balaban J connectivity index is 1.50. The highest BCUT2D eigenvalue weighted by atomic mass is 32.2. The SMILES string of the molecule is C[C@H]1Nc2nn(C)c(=O)c3c2cc(C2(C#N)CCS(=O)(=O)CC2)c(=O)n3CCCCCCN2CC(CCC(F)(F)c3cccc1c3F)C2. The lowest BCUT2D eigenvalue weighted by atomic mass is 9.77. The average Bonchev–Trinajstić information content (AvgIpc) is 3.02. The van der Waals surface area contributed by atoms with Crippen LogP contribution < -0.4 is 16.4 Å². The van der Waals surface area contributed by atoms with Gasteiger partial charge < -0.3 is 14.8 Å². The largest absolute Gasteiger partial charge is 0.361 e. The molecular formula is C34H41F3N6O4S. The molecule has 0 aliphatic carbocycles. The maximum absolute atomic E-state index is 15.9. The second-order valence-corrected chi connectivity index (χ2v) is 16.1. The lowest BCUT2D eigenvalue weighted by Crippen LogP contribution is -2.47. The number of nitriles is 1. The molecule has 2 saturated heterocycles. The van der Waals surface area contributed by atoms with Crippen LogP contribution in [0.25, 0.3) is 10.9 Å². The fraction of sp³-hybridized carbons (Fsp3) is 0.588. The third-order valence-corrected chi connectivity index (χ3v) is 12.1. The van der Waals surface area contributed by atoms with Gasteiger partial charge in [0.05, 0.1) is 34.6 Å². The van der Waals surface area contributed by atoms with Gasteiger partial charge in [-0.05, 0) is 57.6 Å². The molecule has 0 spiro atoms. The third kappa shape index (κ3) is 6.39. The van der Waals surface area contributed by atoms with Crippen LogP contribution in [-0.4, -0.2) is 58.8 Å². The quantitative estimate of drug-likeness (QED) is 0.388. The summed E-state index contributed by atoms with van der Waals surface area (Å²) in [5, 5.41) is 18.1. The van der Waals surface area contributed by atoms with Crippen LogP contribution in [-0.2, 0) is 34.8 Å². The van der Waals surface area contributed by atoms with Crippen LogP contribution in [0.4, 0.5) is 19.0 Å². The Labute approximate surface area is 277 Å². The van der Waals surface area contributed by atoms with Crippen LogP contribution in [0.3, 0.4) is 0 Å². The summed E-state index contributed by atoms with van der Waals surface area (Å²) in [6, 6.07) is 6.72. The van der Waals surface area contributed by atoms with Crippen LogP contribution in [0, 0.1) is 23.1 Å². The highest BCUT2D eigenvalue weighted by Crippen LogP contribution is 2.40. The fourth-order valence-electron chi connectivity index (χ4n) is 7.44. The lowest BCUT2D eigenvalue weighted by molar-refractivity contribution is -0.0320. The normalized spacial score (nSPS) is 25.6. The first kappa shape index (κ1) is 34.2. The van der Waals surface area contributed by atoms with Gasteiger partial charge in [0.15, 0.2) is 5.82 Å². The Morgan fingerprint density at radius 2 is 1.69 bits per heavy atom. The summed E-state index contributed by atoms with van der Waals surface area (Å²) in [6.07, 6.45) is 2.79. The van der Waals surface area contributed by atoms with Crippen molar-refractivity contribution in [1.82, 2.24) is 19.2 Å². The number of fused-ring (bicyclic) bond motifs is 8. The molecule has 3 aromatic rings. The van der Waals surface area contributed by atoms with E-state index < -0.39 is 56.1 Å². The van der Waals surface area contributed by atoms with Crippen molar-refractivity contribution in [2.75, 3.05) is 36.5 Å². The molecule has 0 radical (unpaired) electrons. The Kier molecular flexibility index (Phi) is 9.23. The molecule has 8 bridgehead atoms. The standard InChI is InChI=1S/C34H41F3N6O4S/c1-22-24-8-7-9-26(28(24)35)34(36,37)11-10-23-19-42(20-23)14-5-3-4-6-15-43-29-25(30(39-22)40-41(2)32(29)45)18-27(31(43)44)33(21-38)12-16-48(46,47)17-13-33/h7-9,18,22-23H,3-6,10-17,19-20H2,1-2H3,(H,39,40)/t22-/m1/s1. The fourth-order valence-corrected chi connectivity index (χ4v) is 8.96. The van der Waals surface area contributed by atoms with Crippen molar-refractivity contribution >= 4 is 26.6 Å². The minimum Gasteiger partial charge on any atom is -0.361 e. The van der Waals surface area contributed by atoms with Gasteiger partial charge in [0.2, 0.25) is 0 Å². The first-order valence-corrected chi connectivity index (χ1v) is 18.5. The number of sulfone groups is 1. The number of rotatable bonds is 1.